The third kappa shape index (κ3) is 6.78. The smallest absolute Gasteiger partial charge is 0.257 e. The van der Waals surface area contributed by atoms with Gasteiger partial charge in [0.2, 0.25) is 5.96 Å². The monoisotopic (exact) mass is 445 g/mol. The van der Waals surface area contributed by atoms with Crippen molar-refractivity contribution in [1.82, 2.24) is 15.1 Å². The molecule has 0 aliphatic heterocycles. The van der Waals surface area contributed by atoms with Gasteiger partial charge in [-0.05, 0) is 55.5 Å². The molecule has 0 aliphatic rings. The third-order valence-corrected chi connectivity index (χ3v) is 5.47. The highest BCUT2D eigenvalue weighted by molar-refractivity contribution is 6.09. The lowest BCUT2D eigenvalue weighted by Gasteiger charge is -2.19. The van der Waals surface area contributed by atoms with E-state index in [1.165, 1.54) is 11.1 Å². The minimum absolute atomic E-state index is 0.0364. The molecule has 0 atom stereocenters. The molecule has 3 rings (SSSR count). The molecule has 3 aromatic rings. The zero-order chi connectivity index (χ0) is 24.0. The van der Waals surface area contributed by atoms with E-state index in [0.29, 0.717) is 18.1 Å². The highest BCUT2D eigenvalue weighted by atomic mass is 16.1. The Hall–Kier alpha value is -3.41. The molecule has 33 heavy (non-hydrogen) atoms. The summed E-state index contributed by atoms with van der Waals surface area (Å²) in [5.41, 5.74) is 5.83. The zero-order valence-corrected chi connectivity index (χ0v) is 20.6. The average Bonchev–Trinajstić information content (AvgIpc) is 3.12. The van der Waals surface area contributed by atoms with Gasteiger partial charge in [-0.25, -0.2) is 4.99 Å². The molecule has 6 nitrogen and oxygen atoms in total. The Kier molecular flexibility index (Phi) is 7.69. The van der Waals surface area contributed by atoms with Crippen LogP contribution in [0.25, 0.3) is 0 Å². The second kappa shape index (κ2) is 10.5. The minimum atomic E-state index is -0.202. The van der Waals surface area contributed by atoms with Gasteiger partial charge in [0.1, 0.15) is 0 Å². The van der Waals surface area contributed by atoms with Gasteiger partial charge < -0.3 is 5.32 Å². The number of benzene rings is 2. The van der Waals surface area contributed by atoms with Crippen molar-refractivity contribution in [2.24, 2.45) is 4.99 Å². The summed E-state index contributed by atoms with van der Waals surface area (Å²) in [7, 11) is 0. The number of guanidine groups is 1. The SMILES string of the molecule is CCCn1cc(CN=C(NC(=O)c2ccc(C(C)(C)C)cc2)Nc2ccc(C)cc2)c(C)n1. The Morgan fingerprint density at radius 3 is 2.30 bits per heavy atom. The van der Waals surface area contributed by atoms with Crippen LogP contribution in [0.2, 0.25) is 0 Å². The van der Waals surface area contributed by atoms with E-state index in [4.69, 9.17) is 0 Å². The predicted molar refractivity (Wildman–Crippen MR) is 136 cm³/mol. The molecule has 2 aromatic carbocycles. The van der Waals surface area contributed by atoms with E-state index in [9.17, 15) is 4.79 Å². The van der Waals surface area contributed by atoms with Gasteiger partial charge in [-0.15, -0.1) is 0 Å². The van der Waals surface area contributed by atoms with E-state index in [2.05, 4.69) is 48.4 Å². The number of rotatable bonds is 6. The number of nitrogens with one attached hydrogen (secondary N) is 2. The summed E-state index contributed by atoms with van der Waals surface area (Å²) in [6.45, 7) is 13.9. The number of amides is 1. The molecular weight excluding hydrogens is 410 g/mol. The van der Waals surface area contributed by atoms with Crippen LogP contribution in [0.1, 0.15) is 66.9 Å². The van der Waals surface area contributed by atoms with Crippen LogP contribution < -0.4 is 10.6 Å². The molecule has 0 saturated carbocycles. The van der Waals surface area contributed by atoms with Crippen LogP contribution in [0.4, 0.5) is 5.69 Å². The molecule has 0 radical (unpaired) electrons. The van der Waals surface area contributed by atoms with Crippen molar-refractivity contribution in [3.8, 4) is 0 Å². The largest absolute Gasteiger partial charge is 0.326 e. The second-order valence-electron chi connectivity index (χ2n) is 9.44. The Balaban J connectivity index is 1.81. The van der Waals surface area contributed by atoms with Gasteiger partial charge in [-0.2, -0.15) is 5.10 Å². The number of aromatic nitrogens is 2. The quantitative estimate of drug-likeness (QED) is 0.383. The maximum absolute atomic E-state index is 13.0. The Morgan fingerprint density at radius 1 is 1.03 bits per heavy atom. The molecule has 0 unspecified atom stereocenters. The van der Waals surface area contributed by atoms with Crippen LogP contribution in [0.15, 0.2) is 59.7 Å². The summed E-state index contributed by atoms with van der Waals surface area (Å²) in [5, 5.41) is 10.8. The topological polar surface area (TPSA) is 71.3 Å². The first-order chi connectivity index (χ1) is 15.7. The van der Waals surface area contributed by atoms with Gasteiger partial charge in [0.05, 0.1) is 12.2 Å². The van der Waals surface area contributed by atoms with E-state index in [-0.39, 0.29) is 11.3 Å². The first-order valence-corrected chi connectivity index (χ1v) is 11.5. The molecule has 2 N–H and O–H groups in total. The normalized spacial score (nSPS) is 12.0. The van der Waals surface area contributed by atoms with E-state index < -0.39 is 0 Å². The lowest BCUT2D eigenvalue weighted by atomic mass is 9.87. The van der Waals surface area contributed by atoms with Crippen LogP contribution in [0, 0.1) is 13.8 Å². The van der Waals surface area contributed by atoms with Crippen LogP contribution in [0.5, 0.6) is 0 Å². The summed E-state index contributed by atoms with van der Waals surface area (Å²) in [5.74, 6) is 0.207. The van der Waals surface area contributed by atoms with Crippen LogP contribution in [-0.2, 0) is 18.5 Å². The summed E-state index contributed by atoms with van der Waals surface area (Å²) in [6.07, 6.45) is 3.05. The van der Waals surface area contributed by atoms with E-state index in [1.54, 1.807) is 0 Å². The Labute approximate surface area is 197 Å². The highest BCUT2D eigenvalue weighted by Gasteiger charge is 2.15. The van der Waals surface area contributed by atoms with Gasteiger partial charge in [-0.3, -0.25) is 14.8 Å². The Bertz CT molecular complexity index is 1100. The Morgan fingerprint density at radius 2 is 1.70 bits per heavy atom. The van der Waals surface area contributed by atoms with Gasteiger partial charge in [0.15, 0.2) is 0 Å². The second-order valence-corrected chi connectivity index (χ2v) is 9.44. The fraction of sp³-hybridized carbons (Fsp3) is 0.370. The molecule has 6 heteroatoms. The highest BCUT2D eigenvalue weighted by Crippen LogP contribution is 2.22. The lowest BCUT2D eigenvalue weighted by molar-refractivity contribution is 0.0977. The molecule has 174 valence electrons. The van der Waals surface area contributed by atoms with Crippen LogP contribution in [-0.4, -0.2) is 21.6 Å². The predicted octanol–water partition coefficient (Wildman–Crippen LogP) is 5.61. The average molecular weight is 446 g/mol. The van der Waals surface area contributed by atoms with Gasteiger partial charge in [-0.1, -0.05) is 57.5 Å². The molecular formula is C27H35N5O. The van der Waals surface area contributed by atoms with Crippen LogP contribution >= 0.6 is 0 Å². The summed E-state index contributed by atoms with van der Waals surface area (Å²) in [4.78, 5) is 17.7. The molecule has 1 aromatic heterocycles. The number of carbonyl (C=O) groups excluding carboxylic acids is 1. The van der Waals surface area contributed by atoms with Crippen molar-refractivity contribution in [1.29, 1.82) is 0 Å². The number of hydrogen-bond acceptors (Lipinski definition) is 3. The van der Waals surface area contributed by atoms with Crippen molar-refractivity contribution in [2.75, 3.05) is 5.32 Å². The fourth-order valence-corrected chi connectivity index (χ4v) is 3.41. The number of anilines is 1. The molecule has 1 amide bonds. The number of aliphatic imine (C=N–C) groups is 1. The van der Waals surface area contributed by atoms with Gasteiger partial charge in [0, 0.05) is 29.6 Å². The van der Waals surface area contributed by atoms with E-state index in [0.717, 1.165) is 29.9 Å². The van der Waals surface area contributed by atoms with E-state index in [1.807, 2.05) is 73.3 Å². The third-order valence-electron chi connectivity index (χ3n) is 5.47. The molecule has 0 saturated heterocycles. The summed E-state index contributed by atoms with van der Waals surface area (Å²) >= 11 is 0. The molecule has 0 bridgehead atoms. The molecule has 1 heterocycles. The fourth-order valence-electron chi connectivity index (χ4n) is 3.41. The van der Waals surface area contributed by atoms with Gasteiger partial charge in [0.25, 0.3) is 5.91 Å². The number of aryl methyl sites for hydroxylation is 3. The van der Waals surface area contributed by atoms with Crippen molar-refractivity contribution in [3.05, 3.63) is 82.7 Å². The number of hydrogen-bond donors (Lipinski definition) is 2. The zero-order valence-electron chi connectivity index (χ0n) is 20.6. The maximum Gasteiger partial charge on any atom is 0.257 e. The summed E-state index contributed by atoms with van der Waals surface area (Å²) in [6, 6.07) is 15.7. The van der Waals surface area contributed by atoms with Crippen molar-refractivity contribution in [3.63, 3.8) is 0 Å². The van der Waals surface area contributed by atoms with Crippen molar-refractivity contribution >= 4 is 17.6 Å². The first-order valence-electron chi connectivity index (χ1n) is 11.5. The standard InChI is InChI=1S/C27H35N5O/c1-7-16-32-18-22(20(3)31-32)17-28-26(29-24-14-8-19(2)9-15-24)30-25(33)21-10-12-23(13-11-21)27(4,5)6/h8-15,18H,7,16-17H2,1-6H3,(H2,28,29,30,33). The number of nitrogens with zero attached hydrogens (tertiary/aromatic N) is 3. The minimum Gasteiger partial charge on any atom is -0.326 e. The lowest BCUT2D eigenvalue weighted by Crippen LogP contribution is -2.36. The first kappa shape index (κ1) is 24.2. The number of carbonyl (C=O) groups is 1. The molecule has 0 fully saturated rings. The molecule has 0 aliphatic carbocycles. The van der Waals surface area contributed by atoms with Crippen molar-refractivity contribution < 1.29 is 4.79 Å². The molecule has 0 spiro atoms. The van der Waals surface area contributed by atoms with Gasteiger partial charge >= 0.3 is 0 Å². The van der Waals surface area contributed by atoms with E-state index >= 15 is 0 Å². The summed E-state index contributed by atoms with van der Waals surface area (Å²) < 4.78 is 1.95. The maximum atomic E-state index is 13.0. The van der Waals surface area contributed by atoms with Crippen molar-refractivity contribution in [2.45, 2.75) is 66.5 Å². The van der Waals surface area contributed by atoms with Crippen LogP contribution in [0.3, 0.4) is 0 Å².